The summed E-state index contributed by atoms with van der Waals surface area (Å²) in [6.07, 6.45) is 4.35. The minimum atomic E-state index is 0.178. The van der Waals surface area contributed by atoms with Crippen LogP contribution in [0.1, 0.15) is 36.8 Å². The van der Waals surface area contributed by atoms with Gasteiger partial charge in [-0.2, -0.15) is 5.10 Å². The van der Waals surface area contributed by atoms with E-state index in [1.54, 1.807) is 12.4 Å². The van der Waals surface area contributed by atoms with Crippen LogP contribution in [0.3, 0.4) is 0 Å². The van der Waals surface area contributed by atoms with Crippen molar-refractivity contribution in [3.8, 4) is 0 Å². The Bertz CT molecular complexity index is 565. The van der Waals surface area contributed by atoms with Crippen molar-refractivity contribution in [3.63, 3.8) is 0 Å². The molecule has 0 radical (unpaired) electrons. The highest BCUT2D eigenvalue weighted by molar-refractivity contribution is 6.31. The molecule has 0 fully saturated rings. The van der Waals surface area contributed by atoms with E-state index in [0.29, 0.717) is 5.02 Å². The van der Waals surface area contributed by atoms with Crippen molar-refractivity contribution in [3.05, 3.63) is 46.5 Å². The summed E-state index contributed by atoms with van der Waals surface area (Å²) in [6, 6.07) is 4.30. The summed E-state index contributed by atoms with van der Waals surface area (Å²) >= 11 is 6.27. The van der Waals surface area contributed by atoms with Crippen LogP contribution in [-0.2, 0) is 13.0 Å². The van der Waals surface area contributed by atoms with Gasteiger partial charge in [0.2, 0.25) is 0 Å². The minimum absolute atomic E-state index is 0.178. The second-order valence-electron chi connectivity index (χ2n) is 4.80. The molecule has 1 N–H and O–H groups in total. The maximum atomic E-state index is 6.27. The minimum Gasteiger partial charge on any atom is -0.310 e. The Labute approximate surface area is 125 Å². The van der Waals surface area contributed by atoms with E-state index in [1.165, 1.54) is 5.69 Å². The lowest BCUT2D eigenvalue weighted by Crippen LogP contribution is -2.24. The van der Waals surface area contributed by atoms with Crippen molar-refractivity contribution < 1.29 is 0 Å². The van der Waals surface area contributed by atoms with Crippen LogP contribution in [0.15, 0.2) is 24.5 Å². The van der Waals surface area contributed by atoms with Crippen LogP contribution < -0.4 is 5.32 Å². The first-order valence-electron chi connectivity index (χ1n) is 7.01. The molecule has 0 aliphatic heterocycles. The summed E-state index contributed by atoms with van der Waals surface area (Å²) in [7, 11) is 0. The van der Waals surface area contributed by atoms with Crippen LogP contribution in [0.5, 0.6) is 0 Å². The Morgan fingerprint density at radius 2 is 2.20 bits per heavy atom. The van der Waals surface area contributed by atoms with E-state index in [0.717, 1.165) is 30.8 Å². The molecule has 2 aromatic rings. The highest BCUT2D eigenvalue weighted by atomic mass is 35.5. The highest BCUT2D eigenvalue weighted by Gasteiger charge is 2.17. The lowest BCUT2D eigenvalue weighted by Gasteiger charge is -2.19. The Kier molecular flexibility index (Phi) is 5.15. The molecule has 1 unspecified atom stereocenters. The Balaban J connectivity index is 2.28. The zero-order chi connectivity index (χ0) is 14.5. The van der Waals surface area contributed by atoms with Crippen molar-refractivity contribution in [1.82, 2.24) is 20.1 Å². The van der Waals surface area contributed by atoms with Crippen LogP contribution in [0.25, 0.3) is 0 Å². The predicted octanol–water partition coefficient (Wildman–Crippen LogP) is 3.15. The fourth-order valence-corrected chi connectivity index (χ4v) is 2.70. The third-order valence-electron chi connectivity index (χ3n) is 3.33. The van der Waals surface area contributed by atoms with Gasteiger partial charge in [0.15, 0.2) is 0 Å². The zero-order valence-corrected chi connectivity index (χ0v) is 13.0. The van der Waals surface area contributed by atoms with E-state index < -0.39 is 0 Å². The highest BCUT2D eigenvalue weighted by Crippen LogP contribution is 2.25. The van der Waals surface area contributed by atoms with E-state index in [1.807, 2.05) is 13.0 Å². The van der Waals surface area contributed by atoms with Gasteiger partial charge in [-0.15, -0.1) is 0 Å². The number of rotatable bonds is 6. The zero-order valence-electron chi connectivity index (χ0n) is 12.2. The quantitative estimate of drug-likeness (QED) is 0.889. The standard InChI is InChI=1S/C15H21ClN4/c1-4-18-15(13-6-7-17-10-14(13)16)9-12-8-11(3)19-20(12)5-2/h6-8,10,15,18H,4-5,9H2,1-3H3. The van der Waals surface area contributed by atoms with Gasteiger partial charge in [-0.25, -0.2) is 0 Å². The van der Waals surface area contributed by atoms with E-state index in [4.69, 9.17) is 11.6 Å². The van der Waals surface area contributed by atoms with Crippen LogP contribution in [-0.4, -0.2) is 21.3 Å². The number of likely N-dealkylation sites (N-methyl/N-ethyl adjacent to an activating group) is 1. The fraction of sp³-hybridized carbons (Fsp3) is 0.467. The van der Waals surface area contributed by atoms with Gasteiger partial charge in [-0.1, -0.05) is 18.5 Å². The third kappa shape index (κ3) is 3.38. The van der Waals surface area contributed by atoms with E-state index >= 15 is 0 Å². The summed E-state index contributed by atoms with van der Waals surface area (Å²) in [5.74, 6) is 0. The normalized spacial score (nSPS) is 12.6. The smallest absolute Gasteiger partial charge is 0.0637 e. The molecule has 4 nitrogen and oxygen atoms in total. The molecule has 2 aromatic heterocycles. The van der Waals surface area contributed by atoms with E-state index in [-0.39, 0.29) is 6.04 Å². The second kappa shape index (κ2) is 6.86. The first-order valence-corrected chi connectivity index (χ1v) is 7.39. The van der Waals surface area contributed by atoms with Gasteiger partial charge < -0.3 is 5.32 Å². The predicted molar refractivity (Wildman–Crippen MR) is 82.0 cm³/mol. The Hall–Kier alpha value is -1.39. The summed E-state index contributed by atoms with van der Waals surface area (Å²) in [6.45, 7) is 8.01. The third-order valence-corrected chi connectivity index (χ3v) is 3.64. The van der Waals surface area contributed by atoms with Crippen LogP contribution >= 0.6 is 11.6 Å². The number of nitrogens with one attached hydrogen (secondary N) is 1. The summed E-state index contributed by atoms with van der Waals surface area (Å²) < 4.78 is 2.05. The molecule has 0 aromatic carbocycles. The van der Waals surface area contributed by atoms with Gasteiger partial charge >= 0.3 is 0 Å². The Morgan fingerprint density at radius 1 is 1.40 bits per heavy atom. The number of aromatic nitrogens is 3. The van der Waals surface area contributed by atoms with Crippen molar-refractivity contribution in [2.24, 2.45) is 0 Å². The van der Waals surface area contributed by atoms with E-state index in [2.05, 4.69) is 40.0 Å². The number of pyridine rings is 1. The molecule has 2 heterocycles. The second-order valence-corrected chi connectivity index (χ2v) is 5.21. The molecule has 20 heavy (non-hydrogen) atoms. The SMILES string of the molecule is CCNC(Cc1cc(C)nn1CC)c1ccncc1Cl. The Morgan fingerprint density at radius 3 is 2.85 bits per heavy atom. The molecular formula is C15H21ClN4. The van der Waals surface area contributed by atoms with Crippen LogP contribution in [0, 0.1) is 6.92 Å². The lowest BCUT2D eigenvalue weighted by atomic mass is 10.0. The van der Waals surface area contributed by atoms with Crippen molar-refractivity contribution in [2.45, 2.75) is 39.8 Å². The topological polar surface area (TPSA) is 42.7 Å². The number of hydrogen-bond donors (Lipinski definition) is 1. The first kappa shape index (κ1) is 15.0. The van der Waals surface area contributed by atoms with Crippen molar-refractivity contribution in [1.29, 1.82) is 0 Å². The molecule has 0 saturated carbocycles. The summed E-state index contributed by atoms with van der Waals surface area (Å²) in [5, 5.41) is 8.70. The largest absolute Gasteiger partial charge is 0.310 e. The average Bonchev–Trinajstić information content (AvgIpc) is 2.79. The molecule has 2 rings (SSSR count). The number of hydrogen-bond acceptors (Lipinski definition) is 3. The average molecular weight is 293 g/mol. The van der Waals surface area contributed by atoms with Gasteiger partial charge in [-0.05, 0) is 38.1 Å². The molecule has 0 amide bonds. The molecule has 108 valence electrons. The maximum Gasteiger partial charge on any atom is 0.0637 e. The van der Waals surface area contributed by atoms with Gasteiger partial charge in [0.1, 0.15) is 0 Å². The molecular weight excluding hydrogens is 272 g/mol. The van der Waals surface area contributed by atoms with Crippen LogP contribution in [0.2, 0.25) is 5.02 Å². The summed E-state index contributed by atoms with van der Waals surface area (Å²) in [4.78, 5) is 4.06. The van der Waals surface area contributed by atoms with E-state index in [9.17, 15) is 0 Å². The fourth-order valence-electron chi connectivity index (χ4n) is 2.45. The molecule has 5 heteroatoms. The van der Waals surface area contributed by atoms with Gasteiger partial charge in [0.05, 0.1) is 10.7 Å². The van der Waals surface area contributed by atoms with Gasteiger partial charge in [-0.3, -0.25) is 9.67 Å². The van der Waals surface area contributed by atoms with Crippen molar-refractivity contribution in [2.75, 3.05) is 6.54 Å². The maximum absolute atomic E-state index is 6.27. The van der Waals surface area contributed by atoms with Crippen molar-refractivity contribution >= 4 is 11.6 Å². The number of halogens is 1. The lowest BCUT2D eigenvalue weighted by molar-refractivity contribution is 0.516. The number of nitrogens with zero attached hydrogens (tertiary/aromatic N) is 3. The number of aryl methyl sites for hydroxylation is 2. The molecule has 0 aliphatic carbocycles. The molecule has 0 aliphatic rings. The first-order chi connectivity index (χ1) is 9.65. The molecule has 0 saturated heterocycles. The van der Waals surface area contributed by atoms with Gasteiger partial charge in [0, 0.05) is 37.1 Å². The summed E-state index contributed by atoms with van der Waals surface area (Å²) in [5.41, 5.74) is 3.37. The molecule has 0 bridgehead atoms. The van der Waals surface area contributed by atoms with Gasteiger partial charge in [0.25, 0.3) is 0 Å². The van der Waals surface area contributed by atoms with Crippen LogP contribution in [0.4, 0.5) is 0 Å². The molecule has 0 spiro atoms. The monoisotopic (exact) mass is 292 g/mol. The molecule has 1 atom stereocenters.